The first-order valence-electron chi connectivity index (χ1n) is 9.92. The van der Waals surface area contributed by atoms with Gasteiger partial charge in [-0.15, -0.1) is 0 Å². The van der Waals surface area contributed by atoms with E-state index in [2.05, 4.69) is 18.3 Å². The Bertz CT molecular complexity index is 896. The van der Waals surface area contributed by atoms with Gasteiger partial charge in [0.2, 0.25) is 5.91 Å². The van der Waals surface area contributed by atoms with E-state index >= 15 is 0 Å². The van der Waals surface area contributed by atoms with E-state index in [0.717, 1.165) is 22.4 Å². The molecule has 4 rings (SSSR count). The number of fused-ring (bicyclic) bond motifs is 2. The molecule has 2 aromatic carbocycles. The molecule has 5 nitrogen and oxygen atoms in total. The standard InChI is InChI=1S/C23H26N2O3/c1-3-28-22(27)20-14-23(18-13-16(2)9-10-19(18)24-20)12-11-21(26)25(23)15-17-7-5-4-6-8-17/h4-10,13,20,24H,3,11-12,14-15H2,1-2H3/t20?,23-/m1/s1. The molecule has 0 aromatic heterocycles. The maximum absolute atomic E-state index is 12.9. The third-order valence-electron chi connectivity index (χ3n) is 5.87. The van der Waals surface area contributed by atoms with E-state index < -0.39 is 11.6 Å². The third kappa shape index (κ3) is 3.15. The van der Waals surface area contributed by atoms with Gasteiger partial charge in [0.25, 0.3) is 0 Å². The molecule has 2 aliphatic heterocycles. The van der Waals surface area contributed by atoms with Crippen molar-refractivity contribution in [2.75, 3.05) is 11.9 Å². The van der Waals surface area contributed by atoms with Crippen LogP contribution in [-0.4, -0.2) is 29.4 Å². The van der Waals surface area contributed by atoms with Gasteiger partial charge < -0.3 is 15.0 Å². The monoisotopic (exact) mass is 378 g/mol. The van der Waals surface area contributed by atoms with Gasteiger partial charge in [0, 0.05) is 30.6 Å². The predicted octanol–water partition coefficient (Wildman–Crippen LogP) is 3.76. The van der Waals surface area contributed by atoms with E-state index in [1.807, 2.05) is 54.3 Å². The van der Waals surface area contributed by atoms with Gasteiger partial charge in [0.15, 0.2) is 0 Å². The minimum atomic E-state index is -0.489. The van der Waals surface area contributed by atoms with E-state index in [1.54, 1.807) is 0 Å². The van der Waals surface area contributed by atoms with Gasteiger partial charge in [-0.2, -0.15) is 0 Å². The fourth-order valence-electron chi connectivity index (χ4n) is 4.56. The summed E-state index contributed by atoms with van der Waals surface area (Å²) in [6.45, 7) is 4.76. The number of hydrogen-bond donors (Lipinski definition) is 1. The SMILES string of the molecule is CCOC(=O)C1C[C@]2(CCC(=O)N2Cc2ccccc2)c2cc(C)ccc2N1. The number of hydrogen-bond acceptors (Lipinski definition) is 4. The normalized spacial score (nSPS) is 23.4. The Morgan fingerprint density at radius 3 is 2.79 bits per heavy atom. The molecule has 2 heterocycles. The predicted molar refractivity (Wildman–Crippen MR) is 108 cm³/mol. The van der Waals surface area contributed by atoms with Crippen molar-refractivity contribution >= 4 is 17.6 Å². The number of amides is 1. The molecule has 28 heavy (non-hydrogen) atoms. The van der Waals surface area contributed by atoms with Crippen LogP contribution >= 0.6 is 0 Å². The molecule has 1 amide bonds. The van der Waals surface area contributed by atoms with Crippen LogP contribution in [0.5, 0.6) is 0 Å². The number of likely N-dealkylation sites (tertiary alicyclic amines) is 1. The third-order valence-corrected chi connectivity index (χ3v) is 5.87. The van der Waals surface area contributed by atoms with Gasteiger partial charge in [0.1, 0.15) is 6.04 Å². The second kappa shape index (κ2) is 7.30. The maximum atomic E-state index is 12.9. The van der Waals surface area contributed by atoms with Crippen LogP contribution in [0.2, 0.25) is 0 Å². The molecule has 1 unspecified atom stereocenters. The Morgan fingerprint density at radius 2 is 2.04 bits per heavy atom. The topological polar surface area (TPSA) is 58.6 Å². The molecule has 1 saturated heterocycles. The zero-order valence-corrected chi connectivity index (χ0v) is 16.4. The first kappa shape index (κ1) is 18.5. The summed E-state index contributed by atoms with van der Waals surface area (Å²) in [5.74, 6) is -0.118. The molecule has 146 valence electrons. The lowest BCUT2D eigenvalue weighted by Gasteiger charge is -2.45. The number of ether oxygens (including phenoxy) is 1. The quantitative estimate of drug-likeness (QED) is 0.823. The van der Waals surface area contributed by atoms with Crippen molar-refractivity contribution in [3.63, 3.8) is 0 Å². The summed E-state index contributed by atoms with van der Waals surface area (Å²) in [7, 11) is 0. The smallest absolute Gasteiger partial charge is 0.328 e. The molecule has 2 aliphatic rings. The maximum Gasteiger partial charge on any atom is 0.328 e. The first-order chi connectivity index (χ1) is 13.5. The number of carbonyl (C=O) groups excluding carboxylic acids is 2. The molecule has 0 radical (unpaired) electrons. The Balaban J connectivity index is 1.78. The van der Waals surface area contributed by atoms with E-state index in [4.69, 9.17) is 4.74 Å². The lowest BCUT2D eigenvalue weighted by Crippen LogP contribution is -2.51. The molecular formula is C23H26N2O3. The van der Waals surface area contributed by atoms with E-state index in [1.165, 1.54) is 0 Å². The zero-order chi connectivity index (χ0) is 19.7. The zero-order valence-electron chi connectivity index (χ0n) is 16.4. The van der Waals surface area contributed by atoms with Crippen LogP contribution in [0.25, 0.3) is 0 Å². The first-order valence-corrected chi connectivity index (χ1v) is 9.92. The highest BCUT2D eigenvalue weighted by atomic mass is 16.5. The molecule has 1 N–H and O–H groups in total. The van der Waals surface area contributed by atoms with Gasteiger partial charge in [-0.3, -0.25) is 4.79 Å². The lowest BCUT2D eigenvalue weighted by atomic mass is 9.77. The Hall–Kier alpha value is -2.82. The molecule has 0 bridgehead atoms. The molecular weight excluding hydrogens is 352 g/mol. The van der Waals surface area contributed by atoms with Gasteiger partial charge in [-0.25, -0.2) is 4.79 Å². The fourth-order valence-corrected chi connectivity index (χ4v) is 4.56. The second-order valence-electron chi connectivity index (χ2n) is 7.70. The Morgan fingerprint density at radius 1 is 1.25 bits per heavy atom. The number of aryl methyl sites for hydroxylation is 1. The summed E-state index contributed by atoms with van der Waals surface area (Å²) < 4.78 is 5.30. The highest BCUT2D eigenvalue weighted by Gasteiger charge is 2.52. The van der Waals surface area contributed by atoms with Gasteiger partial charge in [0.05, 0.1) is 12.1 Å². The number of rotatable bonds is 4. The average Bonchev–Trinajstić information content (AvgIpc) is 3.00. The number of anilines is 1. The summed E-state index contributed by atoms with van der Waals surface area (Å²) in [5, 5.41) is 3.35. The van der Waals surface area contributed by atoms with Crippen LogP contribution in [0.4, 0.5) is 5.69 Å². The van der Waals surface area contributed by atoms with Crippen LogP contribution in [0, 0.1) is 6.92 Å². The summed E-state index contributed by atoms with van der Waals surface area (Å²) in [4.78, 5) is 27.5. The van der Waals surface area contributed by atoms with Crippen molar-refractivity contribution in [1.29, 1.82) is 0 Å². The highest BCUT2D eigenvalue weighted by molar-refractivity contribution is 5.85. The summed E-state index contributed by atoms with van der Waals surface area (Å²) in [6, 6.07) is 15.8. The van der Waals surface area contributed by atoms with Crippen LogP contribution in [0.1, 0.15) is 42.9 Å². The Kier molecular flexibility index (Phi) is 4.84. The minimum Gasteiger partial charge on any atom is -0.464 e. The number of carbonyl (C=O) groups is 2. The molecule has 5 heteroatoms. The highest BCUT2D eigenvalue weighted by Crippen LogP contribution is 2.50. The van der Waals surface area contributed by atoms with E-state index in [9.17, 15) is 9.59 Å². The number of nitrogens with one attached hydrogen (secondary N) is 1. The van der Waals surface area contributed by atoms with Crippen molar-refractivity contribution < 1.29 is 14.3 Å². The van der Waals surface area contributed by atoms with Crippen molar-refractivity contribution in [3.8, 4) is 0 Å². The molecule has 1 spiro atoms. The van der Waals surface area contributed by atoms with E-state index in [0.29, 0.717) is 32.4 Å². The van der Waals surface area contributed by atoms with Crippen molar-refractivity contribution in [2.45, 2.75) is 51.2 Å². The Labute approximate surface area is 165 Å². The molecule has 0 aliphatic carbocycles. The molecule has 2 aromatic rings. The molecule has 2 atom stereocenters. The van der Waals surface area contributed by atoms with Crippen molar-refractivity contribution in [1.82, 2.24) is 4.90 Å². The van der Waals surface area contributed by atoms with Gasteiger partial charge >= 0.3 is 5.97 Å². The number of benzene rings is 2. The van der Waals surface area contributed by atoms with Crippen LogP contribution in [0.3, 0.4) is 0 Å². The summed E-state index contributed by atoms with van der Waals surface area (Å²) in [6.07, 6.45) is 1.74. The van der Waals surface area contributed by atoms with Gasteiger partial charge in [-0.1, -0.05) is 48.0 Å². The van der Waals surface area contributed by atoms with E-state index in [-0.39, 0.29) is 11.9 Å². The minimum absolute atomic E-state index is 0.140. The number of nitrogens with zero attached hydrogens (tertiary/aromatic N) is 1. The van der Waals surface area contributed by atoms with Gasteiger partial charge in [-0.05, 0) is 31.9 Å². The number of esters is 1. The lowest BCUT2D eigenvalue weighted by molar-refractivity contribution is -0.146. The van der Waals surface area contributed by atoms with Crippen LogP contribution in [0.15, 0.2) is 48.5 Å². The fraction of sp³-hybridized carbons (Fsp3) is 0.391. The average molecular weight is 378 g/mol. The van der Waals surface area contributed by atoms with Crippen molar-refractivity contribution in [3.05, 3.63) is 65.2 Å². The summed E-state index contributed by atoms with van der Waals surface area (Å²) >= 11 is 0. The molecule has 0 saturated carbocycles. The van der Waals surface area contributed by atoms with Crippen LogP contribution < -0.4 is 5.32 Å². The summed E-state index contributed by atoms with van der Waals surface area (Å²) in [5.41, 5.74) is 3.78. The van der Waals surface area contributed by atoms with Crippen LogP contribution in [-0.2, 0) is 26.4 Å². The largest absolute Gasteiger partial charge is 0.464 e. The second-order valence-corrected chi connectivity index (χ2v) is 7.70. The molecule has 1 fully saturated rings. The van der Waals surface area contributed by atoms with Crippen molar-refractivity contribution in [2.24, 2.45) is 0 Å².